The molecule has 0 saturated carbocycles. The van der Waals surface area contributed by atoms with Crippen LogP contribution in [0.5, 0.6) is 0 Å². The van der Waals surface area contributed by atoms with Crippen molar-refractivity contribution in [1.29, 1.82) is 0 Å². The van der Waals surface area contributed by atoms with Gasteiger partial charge in [-0.15, -0.1) is 0 Å². The van der Waals surface area contributed by atoms with Crippen LogP contribution >= 0.6 is 0 Å². The van der Waals surface area contributed by atoms with Crippen molar-refractivity contribution >= 4 is 0 Å². The summed E-state index contributed by atoms with van der Waals surface area (Å²) in [6, 6.07) is 0.689. The molecule has 1 N–H and O–H groups in total. The maximum Gasteiger partial charge on any atom is 0.0190 e. The SMILES string of the molecule is CC(C)CC1(C2=CCC(C)CC2)CNC1C. The molecule has 0 amide bonds. The van der Waals surface area contributed by atoms with Crippen LogP contribution in [0.3, 0.4) is 0 Å². The van der Waals surface area contributed by atoms with E-state index in [1.165, 1.54) is 32.2 Å². The third kappa shape index (κ3) is 2.07. The summed E-state index contributed by atoms with van der Waals surface area (Å²) in [5.74, 6) is 1.72. The van der Waals surface area contributed by atoms with Crippen molar-refractivity contribution in [1.82, 2.24) is 5.32 Å². The van der Waals surface area contributed by atoms with Gasteiger partial charge in [-0.2, -0.15) is 0 Å². The fourth-order valence-corrected chi connectivity index (χ4v) is 3.47. The zero-order valence-corrected chi connectivity index (χ0v) is 11.3. The molecule has 1 heterocycles. The summed E-state index contributed by atoms with van der Waals surface area (Å²) in [7, 11) is 0. The second-order valence-electron chi connectivity index (χ2n) is 6.47. The molecule has 0 aromatic rings. The van der Waals surface area contributed by atoms with Crippen molar-refractivity contribution in [3.63, 3.8) is 0 Å². The summed E-state index contributed by atoms with van der Waals surface area (Å²) >= 11 is 0. The topological polar surface area (TPSA) is 12.0 Å². The summed E-state index contributed by atoms with van der Waals surface area (Å²) in [6.45, 7) is 10.7. The van der Waals surface area contributed by atoms with E-state index in [-0.39, 0.29) is 0 Å². The number of hydrogen-bond acceptors (Lipinski definition) is 1. The number of hydrogen-bond donors (Lipinski definition) is 1. The van der Waals surface area contributed by atoms with Gasteiger partial charge >= 0.3 is 0 Å². The van der Waals surface area contributed by atoms with Crippen molar-refractivity contribution < 1.29 is 0 Å². The minimum absolute atomic E-state index is 0.508. The first-order chi connectivity index (χ1) is 7.54. The predicted molar refractivity (Wildman–Crippen MR) is 70.5 cm³/mol. The first kappa shape index (κ1) is 12.2. The summed E-state index contributed by atoms with van der Waals surface area (Å²) in [5, 5.41) is 3.57. The van der Waals surface area contributed by atoms with Gasteiger partial charge in [-0.25, -0.2) is 0 Å². The van der Waals surface area contributed by atoms with E-state index in [1.807, 2.05) is 0 Å². The molecule has 0 aromatic carbocycles. The van der Waals surface area contributed by atoms with E-state index in [9.17, 15) is 0 Å². The highest BCUT2D eigenvalue weighted by Crippen LogP contribution is 2.46. The minimum atomic E-state index is 0.508. The second kappa shape index (κ2) is 4.52. The van der Waals surface area contributed by atoms with Crippen LogP contribution in [0, 0.1) is 17.3 Å². The van der Waals surface area contributed by atoms with Crippen LogP contribution in [0.4, 0.5) is 0 Å². The van der Waals surface area contributed by atoms with E-state index < -0.39 is 0 Å². The van der Waals surface area contributed by atoms with Gasteiger partial charge in [0.05, 0.1) is 0 Å². The molecule has 0 radical (unpaired) electrons. The molecule has 92 valence electrons. The molecule has 2 aliphatic rings. The molecule has 3 unspecified atom stereocenters. The second-order valence-corrected chi connectivity index (χ2v) is 6.47. The van der Waals surface area contributed by atoms with E-state index in [4.69, 9.17) is 0 Å². The smallest absolute Gasteiger partial charge is 0.0190 e. The molecule has 1 nitrogen and oxygen atoms in total. The predicted octanol–water partition coefficient (Wildman–Crippen LogP) is 3.76. The van der Waals surface area contributed by atoms with E-state index >= 15 is 0 Å². The first-order valence-corrected chi connectivity index (χ1v) is 6.97. The van der Waals surface area contributed by atoms with E-state index in [0.29, 0.717) is 11.5 Å². The standard InChI is InChI=1S/C15H27N/c1-11(2)9-15(10-16-13(15)4)14-7-5-12(3)6-8-14/h7,11-13,16H,5-6,8-10H2,1-4H3. The van der Waals surface area contributed by atoms with Crippen molar-refractivity contribution in [2.45, 2.75) is 59.4 Å². The molecule has 2 rings (SSSR count). The molecule has 0 spiro atoms. The van der Waals surface area contributed by atoms with Crippen LogP contribution in [-0.4, -0.2) is 12.6 Å². The highest BCUT2D eigenvalue weighted by Gasteiger charge is 2.46. The molecule has 1 aliphatic carbocycles. The van der Waals surface area contributed by atoms with Crippen molar-refractivity contribution in [2.75, 3.05) is 6.54 Å². The highest BCUT2D eigenvalue weighted by atomic mass is 15.0. The average molecular weight is 221 g/mol. The van der Waals surface area contributed by atoms with Crippen LogP contribution in [0.25, 0.3) is 0 Å². The molecule has 1 heteroatoms. The first-order valence-electron chi connectivity index (χ1n) is 6.97. The Morgan fingerprint density at radius 3 is 2.56 bits per heavy atom. The largest absolute Gasteiger partial charge is 0.312 e. The Kier molecular flexibility index (Phi) is 3.44. The van der Waals surface area contributed by atoms with Crippen LogP contribution in [-0.2, 0) is 0 Å². The van der Waals surface area contributed by atoms with Gasteiger partial charge in [0.1, 0.15) is 0 Å². The van der Waals surface area contributed by atoms with Gasteiger partial charge in [-0.3, -0.25) is 0 Å². The van der Waals surface area contributed by atoms with E-state index in [0.717, 1.165) is 11.8 Å². The zero-order valence-electron chi connectivity index (χ0n) is 11.3. The molecule has 3 atom stereocenters. The monoisotopic (exact) mass is 221 g/mol. The quantitative estimate of drug-likeness (QED) is 0.716. The van der Waals surface area contributed by atoms with Crippen LogP contribution < -0.4 is 5.32 Å². The zero-order chi connectivity index (χ0) is 11.8. The molecule has 1 aliphatic heterocycles. The Morgan fingerprint density at radius 2 is 2.19 bits per heavy atom. The van der Waals surface area contributed by atoms with E-state index in [1.54, 1.807) is 5.57 Å². The lowest BCUT2D eigenvalue weighted by atomic mass is 9.61. The Morgan fingerprint density at radius 1 is 1.44 bits per heavy atom. The fraction of sp³-hybridized carbons (Fsp3) is 0.867. The fourth-order valence-electron chi connectivity index (χ4n) is 3.47. The lowest BCUT2D eigenvalue weighted by molar-refractivity contribution is 0.101. The third-order valence-corrected chi connectivity index (χ3v) is 4.64. The molecular weight excluding hydrogens is 194 g/mol. The summed E-state index contributed by atoms with van der Waals surface area (Å²) < 4.78 is 0. The van der Waals surface area contributed by atoms with Gasteiger partial charge in [0, 0.05) is 18.0 Å². The maximum absolute atomic E-state index is 3.57. The van der Waals surface area contributed by atoms with Crippen LogP contribution in [0.2, 0.25) is 0 Å². The lowest BCUT2D eigenvalue weighted by Gasteiger charge is -2.53. The molecule has 16 heavy (non-hydrogen) atoms. The van der Waals surface area contributed by atoms with Gasteiger partial charge in [-0.1, -0.05) is 32.4 Å². The highest BCUT2D eigenvalue weighted by molar-refractivity contribution is 5.25. The van der Waals surface area contributed by atoms with Gasteiger partial charge < -0.3 is 5.32 Å². The maximum atomic E-state index is 3.57. The van der Waals surface area contributed by atoms with Crippen molar-refractivity contribution in [3.8, 4) is 0 Å². The Hall–Kier alpha value is -0.300. The number of allylic oxidation sites excluding steroid dienone is 1. The minimum Gasteiger partial charge on any atom is -0.312 e. The third-order valence-electron chi connectivity index (χ3n) is 4.64. The Labute approximate surface area is 101 Å². The number of rotatable bonds is 3. The summed E-state index contributed by atoms with van der Waals surface area (Å²) in [5.41, 5.74) is 2.28. The lowest BCUT2D eigenvalue weighted by Crippen LogP contribution is -2.62. The van der Waals surface area contributed by atoms with Gasteiger partial charge in [0.15, 0.2) is 0 Å². The molecule has 1 saturated heterocycles. The normalized spacial score (nSPS) is 39.4. The average Bonchev–Trinajstić information content (AvgIpc) is 2.25. The molecule has 1 fully saturated rings. The summed E-state index contributed by atoms with van der Waals surface area (Å²) in [6.07, 6.45) is 7.98. The number of nitrogens with one attached hydrogen (secondary N) is 1. The van der Waals surface area contributed by atoms with Gasteiger partial charge in [0.2, 0.25) is 0 Å². The van der Waals surface area contributed by atoms with Gasteiger partial charge in [-0.05, 0) is 44.4 Å². The summed E-state index contributed by atoms with van der Waals surface area (Å²) in [4.78, 5) is 0. The van der Waals surface area contributed by atoms with Crippen LogP contribution in [0.15, 0.2) is 11.6 Å². The molecule has 0 aromatic heterocycles. The Balaban J connectivity index is 2.14. The van der Waals surface area contributed by atoms with Crippen molar-refractivity contribution in [2.24, 2.45) is 17.3 Å². The van der Waals surface area contributed by atoms with Crippen LogP contribution in [0.1, 0.15) is 53.4 Å². The van der Waals surface area contributed by atoms with Gasteiger partial charge in [0.25, 0.3) is 0 Å². The van der Waals surface area contributed by atoms with Crippen molar-refractivity contribution in [3.05, 3.63) is 11.6 Å². The molecular formula is C15H27N. The van der Waals surface area contributed by atoms with E-state index in [2.05, 4.69) is 39.1 Å². The Bertz CT molecular complexity index is 279. The molecule has 0 bridgehead atoms.